The first-order chi connectivity index (χ1) is 45.4. The highest BCUT2D eigenvalue weighted by molar-refractivity contribution is 7.47. The van der Waals surface area contributed by atoms with Crippen molar-refractivity contribution in [3.8, 4) is 0 Å². The maximum absolute atomic E-state index is 13.1. The largest absolute Gasteiger partial charge is 0.472 e. The van der Waals surface area contributed by atoms with E-state index in [0.29, 0.717) is 31.6 Å². The van der Waals surface area contributed by atoms with Crippen molar-refractivity contribution in [2.75, 3.05) is 39.6 Å². The maximum atomic E-state index is 13.1. The summed E-state index contributed by atoms with van der Waals surface area (Å²) in [6.45, 7) is 9.46. The van der Waals surface area contributed by atoms with Gasteiger partial charge in [0.15, 0.2) is 12.2 Å². The van der Waals surface area contributed by atoms with E-state index in [9.17, 15) is 43.2 Å². The molecule has 0 aliphatic carbocycles. The molecule has 0 aromatic carbocycles. The lowest BCUT2D eigenvalue weighted by molar-refractivity contribution is -0.161. The van der Waals surface area contributed by atoms with Crippen LogP contribution in [-0.2, 0) is 65.4 Å². The summed E-state index contributed by atoms with van der Waals surface area (Å²) >= 11 is 0. The Morgan fingerprint density at radius 3 is 0.872 bits per heavy atom. The molecule has 0 aromatic heterocycles. The number of phosphoric acid groups is 2. The molecule has 0 amide bonds. The molecule has 94 heavy (non-hydrogen) atoms. The fourth-order valence-corrected chi connectivity index (χ4v) is 12.5. The molecule has 0 saturated heterocycles. The highest BCUT2D eigenvalue weighted by Gasteiger charge is 2.30. The molecule has 0 spiro atoms. The van der Waals surface area contributed by atoms with Crippen LogP contribution in [0, 0.1) is 11.8 Å². The van der Waals surface area contributed by atoms with Crippen molar-refractivity contribution < 1.29 is 80.2 Å². The number of ether oxygens (including phenoxy) is 4. The van der Waals surface area contributed by atoms with E-state index in [1.54, 1.807) is 0 Å². The molecular formula is C75H142O17P2. The Hall–Kier alpha value is -2.46. The van der Waals surface area contributed by atoms with Gasteiger partial charge >= 0.3 is 39.5 Å². The van der Waals surface area contributed by atoms with E-state index in [1.165, 1.54) is 154 Å². The topological polar surface area (TPSA) is 237 Å². The second-order valence-corrected chi connectivity index (χ2v) is 30.2. The van der Waals surface area contributed by atoms with Crippen molar-refractivity contribution in [3.63, 3.8) is 0 Å². The van der Waals surface area contributed by atoms with Gasteiger partial charge in [0.2, 0.25) is 0 Å². The van der Waals surface area contributed by atoms with Crippen LogP contribution in [0.25, 0.3) is 0 Å². The van der Waals surface area contributed by atoms with Crippen molar-refractivity contribution in [2.45, 2.75) is 381 Å². The van der Waals surface area contributed by atoms with E-state index in [1.807, 2.05) is 0 Å². The number of rotatable bonds is 72. The third kappa shape index (κ3) is 68.1. The van der Waals surface area contributed by atoms with Crippen LogP contribution in [0.5, 0.6) is 0 Å². The molecule has 2 unspecified atom stereocenters. The summed E-state index contributed by atoms with van der Waals surface area (Å²) in [5, 5.41) is 10.6. The van der Waals surface area contributed by atoms with Crippen molar-refractivity contribution in [1.82, 2.24) is 0 Å². The number of hydrogen-bond donors (Lipinski definition) is 3. The SMILES string of the molecule is CCCCCC/C=C\C=C/CCCCCCCC(=O)OC[C@H](COP(=O)(O)OC[C@@H](O)COP(=O)(O)OC[C@@H](COC(=O)CCCCCCCCC(C)C)OC(=O)CCCCCCCCCCCCCCCC)OC(=O)CCCCCCCCCCCCCCCC(C)C. The lowest BCUT2D eigenvalue weighted by Gasteiger charge is -2.21. The predicted octanol–water partition coefficient (Wildman–Crippen LogP) is 21.5. The Morgan fingerprint density at radius 2 is 0.574 bits per heavy atom. The number of hydrogen-bond acceptors (Lipinski definition) is 15. The Labute approximate surface area is 573 Å². The summed E-state index contributed by atoms with van der Waals surface area (Å²) in [5.41, 5.74) is 0. The molecule has 17 nitrogen and oxygen atoms in total. The van der Waals surface area contributed by atoms with Gasteiger partial charge in [-0.25, -0.2) is 9.13 Å². The van der Waals surface area contributed by atoms with Gasteiger partial charge in [-0.3, -0.25) is 37.3 Å². The fourth-order valence-electron chi connectivity index (χ4n) is 10.9. The van der Waals surface area contributed by atoms with Gasteiger partial charge in [0.05, 0.1) is 26.4 Å². The van der Waals surface area contributed by atoms with Crippen LogP contribution in [0.15, 0.2) is 24.3 Å². The Kier molecular flexibility index (Phi) is 64.7. The van der Waals surface area contributed by atoms with Gasteiger partial charge in [-0.2, -0.15) is 0 Å². The normalized spacial score (nSPS) is 14.2. The number of phosphoric ester groups is 2. The molecule has 0 heterocycles. The van der Waals surface area contributed by atoms with Gasteiger partial charge in [-0.05, 0) is 63.2 Å². The quantitative estimate of drug-likeness (QED) is 0.0169. The second-order valence-electron chi connectivity index (χ2n) is 27.3. The molecule has 0 aromatic rings. The minimum atomic E-state index is -4.96. The fraction of sp³-hybridized carbons (Fsp3) is 0.893. The smallest absolute Gasteiger partial charge is 0.462 e. The lowest BCUT2D eigenvalue weighted by Crippen LogP contribution is -2.30. The Bertz CT molecular complexity index is 1910. The molecule has 0 aliphatic rings. The average Bonchev–Trinajstić information content (AvgIpc) is 1.45. The average molecular weight is 1380 g/mol. The highest BCUT2D eigenvalue weighted by Crippen LogP contribution is 2.45. The zero-order chi connectivity index (χ0) is 69.3. The summed E-state index contributed by atoms with van der Waals surface area (Å²) in [6.07, 6.45) is 56.4. The predicted molar refractivity (Wildman–Crippen MR) is 381 cm³/mol. The molecule has 0 saturated carbocycles. The molecule has 0 bridgehead atoms. The lowest BCUT2D eigenvalue weighted by atomic mass is 10.0. The zero-order valence-electron chi connectivity index (χ0n) is 60.7. The first kappa shape index (κ1) is 91.5. The van der Waals surface area contributed by atoms with Crippen molar-refractivity contribution in [3.05, 3.63) is 24.3 Å². The van der Waals surface area contributed by atoms with E-state index in [-0.39, 0.29) is 25.7 Å². The van der Waals surface area contributed by atoms with Gasteiger partial charge in [0.25, 0.3) is 0 Å². The van der Waals surface area contributed by atoms with E-state index in [4.69, 9.17) is 37.0 Å². The molecule has 19 heteroatoms. The van der Waals surface area contributed by atoms with Crippen molar-refractivity contribution >= 4 is 39.5 Å². The molecule has 554 valence electrons. The van der Waals surface area contributed by atoms with Gasteiger partial charge in [0, 0.05) is 25.7 Å². The molecule has 0 rings (SSSR count). The van der Waals surface area contributed by atoms with Crippen LogP contribution < -0.4 is 0 Å². The maximum Gasteiger partial charge on any atom is 0.472 e. The molecule has 0 aliphatic heterocycles. The summed E-state index contributed by atoms with van der Waals surface area (Å²) in [7, 11) is -9.92. The number of aliphatic hydroxyl groups is 1. The number of unbranched alkanes of at least 4 members (excludes halogenated alkanes) is 39. The third-order valence-electron chi connectivity index (χ3n) is 16.8. The number of esters is 4. The summed E-state index contributed by atoms with van der Waals surface area (Å²) in [4.78, 5) is 72.7. The van der Waals surface area contributed by atoms with Crippen molar-refractivity contribution in [2.24, 2.45) is 11.8 Å². The van der Waals surface area contributed by atoms with Gasteiger partial charge in [-0.1, -0.05) is 310 Å². The Balaban J connectivity index is 5.28. The van der Waals surface area contributed by atoms with E-state index < -0.39 is 97.5 Å². The monoisotopic (exact) mass is 1380 g/mol. The minimum absolute atomic E-state index is 0.100. The molecular weight excluding hydrogens is 1230 g/mol. The zero-order valence-corrected chi connectivity index (χ0v) is 62.5. The molecule has 0 radical (unpaired) electrons. The van der Waals surface area contributed by atoms with E-state index in [2.05, 4.69) is 65.8 Å². The van der Waals surface area contributed by atoms with Gasteiger partial charge in [-0.15, -0.1) is 0 Å². The summed E-state index contributed by atoms with van der Waals surface area (Å²) in [5.74, 6) is -0.686. The standard InChI is InChI=1S/C75H142O17P2/c1-7-9-11-13-15-17-19-21-23-27-30-34-38-45-51-57-72(77)85-63-70(91-74(79)60-54-48-40-36-32-28-24-25-29-33-37-43-49-55-67(3)4)65-89-93(81,82)87-61-69(76)62-88-94(83,84)90-66-71(64-86-73(78)58-52-46-42-41-44-50-56-68(5)6)92-75(80)59-53-47-39-35-31-26-22-20-18-16-14-12-10-8-2/h17,19,21,23,67-71,76H,7-16,18,20,22,24-66H2,1-6H3,(H,81,82)(H,83,84)/b19-17-,23-21-/t69-,70-,71-/m1/s1. The third-order valence-corrected chi connectivity index (χ3v) is 18.7. The van der Waals surface area contributed by atoms with Crippen LogP contribution in [0.4, 0.5) is 0 Å². The number of carbonyl (C=O) groups is 4. The van der Waals surface area contributed by atoms with Gasteiger partial charge < -0.3 is 33.8 Å². The summed E-state index contributed by atoms with van der Waals surface area (Å²) in [6, 6.07) is 0. The van der Waals surface area contributed by atoms with Crippen LogP contribution in [0.1, 0.15) is 363 Å². The van der Waals surface area contributed by atoms with Gasteiger partial charge in [0.1, 0.15) is 19.3 Å². The number of carbonyl (C=O) groups excluding carboxylic acids is 4. The molecule has 5 atom stereocenters. The van der Waals surface area contributed by atoms with Crippen LogP contribution in [0.2, 0.25) is 0 Å². The van der Waals surface area contributed by atoms with E-state index >= 15 is 0 Å². The van der Waals surface area contributed by atoms with E-state index in [0.717, 1.165) is 121 Å². The van der Waals surface area contributed by atoms with Crippen LogP contribution in [-0.4, -0.2) is 96.7 Å². The second kappa shape index (κ2) is 66.4. The van der Waals surface area contributed by atoms with Crippen LogP contribution in [0.3, 0.4) is 0 Å². The number of allylic oxidation sites excluding steroid dienone is 4. The minimum Gasteiger partial charge on any atom is -0.462 e. The first-order valence-electron chi connectivity index (χ1n) is 38.3. The summed E-state index contributed by atoms with van der Waals surface area (Å²) < 4.78 is 68.4. The number of aliphatic hydroxyl groups excluding tert-OH is 1. The van der Waals surface area contributed by atoms with Crippen LogP contribution >= 0.6 is 15.6 Å². The van der Waals surface area contributed by atoms with Crippen molar-refractivity contribution in [1.29, 1.82) is 0 Å². The molecule has 0 fully saturated rings. The first-order valence-corrected chi connectivity index (χ1v) is 41.3. The highest BCUT2D eigenvalue weighted by atomic mass is 31.2. The molecule has 3 N–H and O–H groups in total. The Morgan fingerprint density at radius 1 is 0.330 bits per heavy atom.